The van der Waals surface area contributed by atoms with Crippen LogP contribution in [0.4, 0.5) is 0 Å². The molecule has 1 aliphatic rings. The number of hydrogen-bond donors (Lipinski definition) is 2. The molecule has 0 aromatic carbocycles. The number of nitrogens with two attached hydrogens (primary N) is 1. The van der Waals surface area contributed by atoms with Gasteiger partial charge in [0.1, 0.15) is 5.76 Å². The van der Waals surface area contributed by atoms with Gasteiger partial charge in [0.2, 0.25) is 0 Å². The van der Waals surface area contributed by atoms with Crippen molar-refractivity contribution < 1.29 is 4.42 Å². The number of nitrogens with one attached hydrogen (secondary N) is 1. The summed E-state index contributed by atoms with van der Waals surface area (Å²) in [6.45, 7) is 0.603. The number of aliphatic imine (C=N–C) groups is 1. The van der Waals surface area contributed by atoms with Gasteiger partial charge in [0.15, 0.2) is 5.96 Å². The molecule has 1 aromatic rings. The van der Waals surface area contributed by atoms with Gasteiger partial charge < -0.3 is 15.5 Å². The van der Waals surface area contributed by atoms with E-state index in [9.17, 15) is 0 Å². The first-order valence-corrected chi connectivity index (χ1v) is 5.93. The Morgan fingerprint density at radius 2 is 2.41 bits per heavy atom. The van der Waals surface area contributed by atoms with Crippen molar-refractivity contribution in [3.05, 3.63) is 24.2 Å². The van der Waals surface area contributed by atoms with Gasteiger partial charge in [-0.1, -0.05) is 0 Å². The molecule has 0 spiro atoms. The van der Waals surface area contributed by atoms with Crippen LogP contribution < -0.4 is 11.1 Å². The van der Waals surface area contributed by atoms with Gasteiger partial charge >= 0.3 is 0 Å². The van der Waals surface area contributed by atoms with Gasteiger partial charge in [-0.15, -0.1) is 0 Å². The van der Waals surface area contributed by atoms with E-state index in [4.69, 9.17) is 10.2 Å². The van der Waals surface area contributed by atoms with E-state index in [-0.39, 0.29) is 6.04 Å². The fourth-order valence-corrected chi connectivity index (χ4v) is 1.66. The summed E-state index contributed by atoms with van der Waals surface area (Å²) in [6, 6.07) is 4.52. The molecule has 0 radical (unpaired) electrons. The summed E-state index contributed by atoms with van der Waals surface area (Å²) in [5, 5.41) is 3.17. The summed E-state index contributed by atoms with van der Waals surface area (Å²) in [5.41, 5.74) is 5.81. The second-order valence-corrected chi connectivity index (χ2v) is 4.64. The Labute approximate surface area is 102 Å². The van der Waals surface area contributed by atoms with E-state index in [1.165, 1.54) is 12.8 Å². The summed E-state index contributed by atoms with van der Waals surface area (Å²) < 4.78 is 5.41. The summed E-state index contributed by atoms with van der Waals surface area (Å²) >= 11 is 0. The lowest BCUT2D eigenvalue weighted by atomic mass is 10.2. The second-order valence-electron chi connectivity index (χ2n) is 4.64. The van der Waals surface area contributed by atoms with Crippen LogP contribution in [-0.4, -0.2) is 37.5 Å². The molecule has 1 aliphatic carbocycles. The number of guanidine groups is 1. The lowest BCUT2D eigenvalue weighted by molar-refractivity contribution is 0.265. The van der Waals surface area contributed by atoms with Gasteiger partial charge in [0.05, 0.1) is 18.8 Å². The first-order chi connectivity index (χ1) is 8.16. The van der Waals surface area contributed by atoms with Crippen molar-refractivity contribution in [2.24, 2.45) is 10.7 Å². The quantitative estimate of drug-likeness (QED) is 0.590. The topological polar surface area (TPSA) is 66.8 Å². The zero-order valence-corrected chi connectivity index (χ0v) is 10.4. The van der Waals surface area contributed by atoms with E-state index in [1.807, 2.05) is 26.2 Å². The van der Waals surface area contributed by atoms with Crippen molar-refractivity contribution in [1.29, 1.82) is 0 Å². The number of hydrogen-bond acceptors (Lipinski definition) is 3. The minimum atomic E-state index is 0.129. The monoisotopic (exact) mass is 236 g/mol. The van der Waals surface area contributed by atoms with Crippen molar-refractivity contribution >= 4 is 5.96 Å². The van der Waals surface area contributed by atoms with Crippen LogP contribution in [-0.2, 0) is 0 Å². The van der Waals surface area contributed by atoms with Crippen LogP contribution in [0.5, 0.6) is 0 Å². The third-order valence-corrected chi connectivity index (χ3v) is 2.86. The highest BCUT2D eigenvalue weighted by molar-refractivity contribution is 5.78. The molecule has 0 unspecified atom stereocenters. The Bertz CT molecular complexity index is 368. The Morgan fingerprint density at radius 1 is 1.65 bits per heavy atom. The van der Waals surface area contributed by atoms with Crippen molar-refractivity contribution in [3.8, 4) is 0 Å². The van der Waals surface area contributed by atoms with E-state index in [2.05, 4.69) is 15.2 Å². The highest BCUT2D eigenvalue weighted by atomic mass is 16.3. The summed E-state index contributed by atoms with van der Waals surface area (Å²) in [7, 11) is 4.01. The van der Waals surface area contributed by atoms with Crippen molar-refractivity contribution in [2.45, 2.75) is 24.9 Å². The van der Waals surface area contributed by atoms with Gasteiger partial charge in [-0.3, -0.25) is 9.89 Å². The SMILES string of the molecule is CN(C)[C@@H](CN=C(N)NC1CC1)c1ccco1. The summed E-state index contributed by atoms with van der Waals surface area (Å²) in [6.07, 6.45) is 4.08. The molecule has 5 nitrogen and oxygen atoms in total. The molecular weight excluding hydrogens is 216 g/mol. The molecule has 0 saturated heterocycles. The number of rotatable bonds is 5. The number of furan rings is 1. The highest BCUT2D eigenvalue weighted by Gasteiger charge is 2.22. The molecule has 1 atom stereocenters. The minimum absolute atomic E-state index is 0.129. The van der Waals surface area contributed by atoms with Crippen molar-refractivity contribution in [3.63, 3.8) is 0 Å². The van der Waals surface area contributed by atoms with Gasteiger partial charge in [0.25, 0.3) is 0 Å². The predicted octanol–water partition coefficient (Wildman–Crippen LogP) is 0.949. The molecule has 2 rings (SSSR count). The molecule has 1 aromatic heterocycles. The molecular formula is C12H20N4O. The standard InChI is InChI=1S/C12H20N4O/c1-16(2)10(11-4-3-7-17-11)8-14-12(13)15-9-5-6-9/h3-4,7,9-10H,5-6,8H2,1-2H3,(H3,13,14,15)/t10-/m0/s1. The summed E-state index contributed by atoms with van der Waals surface area (Å²) in [4.78, 5) is 6.44. The van der Waals surface area contributed by atoms with Crippen LogP contribution in [0.25, 0.3) is 0 Å². The molecule has 0 aliphatic heterocycles. The molecule has 0 bridgehead atoms. The largest absolute Gasteiger partial charge is 0.468 e. The molecule has 94 valence electrons. The average molecular weight is 236 g/mol. The molecule has 1 saturated carbocycles. The molecule has 1 fully saturated rings. The van der Waals surface area contributed by atoms with Crippen molar-refractivity contribution in [2.75, 3.05) is 20.6 Å². The Kier molecular flexibility index (Phi) is 3.68. The Balaban J connectivity index is 1.93. The molecule has 1 heterocycles. The smallest absolute Gasteiger partial charge is 0.188 e. The third kappa shape index (κ3) is 3.49. The van der Waals surface area contributed by atoms with Gasteiger partial charge in [-0.2, -0.15) is 0 Å². The molecule has 5 heteroatoms. The fourth-order valence-electron chi connectivity index (χ4n) is 1.66. The van der Waals surface area contributed by atoms with Gasteiger partial charge in [-0.05, 0) is 39.1 Å². The van der Waals surface area contributed by atoms with E-state index in [0.29, 0.717) is 18.5 Å². The zero-order chi connectivity index (χ0) is 12.3. The molecule has 3 N–H and O–H groups in total. The first kappa shape index (κ1) is 12.0. The van der Waals surface area contributed by atoms with E-state index < -0.39 is 0 Å². The van der Waals surface area contributed by atoms with Crippen LogP contribution in [0.1, 0.15) is 24.6 Å². The van der Waals surface area contributed by atoms with Crippen LogP contribution in [0.2, 0.25) is 0 Å². The average Bonchev–Trinajstić information content (AvgIpc) is 2.92. The summed E-state index contributed by atoms with van der Waals surface area (Å²) in [5.74, 6) is 1.45. The van der Waals surface area contributed by atoms with Gasteiger partial charge in [-0.25, -0.2) is 0 Å². The minimum Gasteiger partial charge on any atom is -0.468 e. The second kappa shape index (κ2) is 5.23. The predicted molar refractivity (Wildman–Crippen MR) is 67.8 cm³/mol. The molecule has 0 amide bonds. The highest BCUT2D eigenvalue weighted by Crippen LogP contribution is 2.20. The van der Waals surface area contributed by atoms with E-state index in [1.54, 1.807) is 6.26 Å². The normalized spacial score (nSPS) is 18.4. The van der Waals surface area contributed by atoms with Crippen LogP contribution in [0.3, 0.4) is 0 Å². The van der Waals surface area contributed by atoms with Crippen LogP contribution in [0, 0.1) is 0 Å². The molecule has 17 heavy (non-hydrogen) atoms. The lowest BCUT2D eigenvalue weighted by Gasteiger charge is -2.20. The Hall–Kier alpha value is -1.49. The zero-order valence-electron chi connectivity index (χ0n) is 10.4. The maximum atomic E-state index is 5.81. The van der Waals surface area contributed by atoms with Crippen LogP contribution >= 0.6 is 0 Å². The van der Waals surface area contributed by atoms with E-state index >= 15 is 0 Å². The number of likely N-dealkylation sites (N-methyl/N-ethyl adjacent to an activating group) is 1. The number of nitrogens with zero attached hydrogens (tertiary/aromatic N) is 2. The van der Waals surface area contributed by atoms with Crippen molar-refractivity contribution in [1.82, 2.24) is 10.2 Å². The fraction of sp³-hybridized carbons (Fsp3) is 0.583. The maximum absolute atomic E-state index is 5.81. The third-order valence-electron chi connectivity index (χ3n) is 2.86. The van der Waals surface area contributed by atoms with E-state index in [0.717, 1.165) is 5.76 Å². The maximum Gasteiger partial charge on any atom is 0.188 e. The van der Waals surface area contributed by atoms with Crippen LogP contribution in [0.15, 0.2) is 27.8 Å². The Morgan fingerprint density at radius 3 is 2.94 bits per heavy atom. The lowest BCUT2D eigenvalue weighted by Crippen LogP contribution is -2.34. The first-order valence-electron chi connectivity index (χ1n) is 5.93. The van der Waals surface area contributed by atoms with Gasteiger partial charge in [0, 0.05) is 6.04 Å².